The number of ether oxygens (including phenoxy) is 2. The summed E-state index contributed by atoms with van der Waals surface area (Å²) < 4.78 is 14.5. The van der Waals surface area contributed by atoms with Gasteiger partial charge in [-0.2, -0.15) is 0 Å². The zero-order valence-corrected chi connectivity index (χ0v) is 32.6. The predicted molar refractivity (Wildman–Crippen MR) is 233 cm³/mol. The van der Waals surface area contributed by atoms with Crippen molar-refractivity contribution in [3.05, 3.63) is 228 Å². The summed E-state index contributed by atoms with van der Waals surface area (Å²) in [6, 6.07) is 64.6. The van der Waals surface area contributed by atoms with Crippen LogP contribution in [0.4, 0.5) is 0 Å². The maximum atomic E-state index is 14.3. The van der Waals surface area contributed by atoms with Crippen LogP contribution in [0.15, 0.2) is 194 Å². The van der Waals surface area contributed by atoms with Gasteiger partial charge in [0.2, 0.25) is 0 Å². The molecular weight excluding hydrogens is 768 g/mol. The lowest BCUT2D eigenvalue weighted by Crippen LogP contribution is -2.55. The minimum atomic E-state index is -1.86. The fourth-order valence-electron chi connectivity index (χ4n) is 9.13. The van der Waals surface area contributed by atoms with Gasteiger partial charge in [-0.05, 0) is 70.9 Å². The third-order valence-electron chi connectivity index (χ3n) is 11.8. The highest BCUT2D eigenvalue weighted by atomic mass is 79.9. The van der Waals surface area contributed by atoms with E-state index >= 15 is 0 Å². The molecule has 0 spiro atoms. The molecule has 4 nitrogen and oxygen atoms in total. The van der Waals surface area contributed by atoms with E-state index in [1.54, 1.807) is 0 Å². The Morgan fingerprint density at radius 3 is 1.00 bits per heavy atom. The van der Waals surface area contributed by atoms with Crippen molar-refractivity contribution in [2.24, 2.45) is 0 Å². The lowest BCUT2D eigenvalue weighted by molar-refractivity contribution is -0.108. The summed E-state index contributed by atoms with van der Waals surface area (Å²) in [6.07, 6.45) is -3.24. The third kappa shape index (κ3) is 5.81. The molecule has 1 aliphatic heterocycles. The Bertz CT molecular complexity index is 2570. The zero-order chi connectivity index (χ0) is 38.6. The zero-order valence-electron chi connectivity index (χ0n) is 31.0. The van der Waals surface area contributed by atoms with Crippen LogP contribution in [0.1, 0.15) is 39.7 Å². The highest BCUT2D eigenvalue weighted by molar-refractivity contribution is 9.08. The van der Waals surface area contributed by atoms with Crippen LogP contribution in [0, 0.1) is 0 Å². The number of rotatable bonds is 8. The second-order valence-electron chi connectivity index (χ2n) is 15.0. The third-order valence-corrected chi connectivity index (χ3v) is 12.5. The molecule has 1 aliphatic rings. The van der Waals surface area contributed by atoms with E-state index in [-0.39, 0.29) is 0 Å². The van der Waals surface area contributed by atoms with E-state index in [4.69, 9.17) is 9.47 Å². The summed E-state index contributed by atoms with van der Waals surface area (Å²) in [5.41, 5.74) is 0.792. The molecule has 57 heavy (non-hydrogen) atoms. The van der Waals surface area contributed by atoms with Gasteiger partial charge in [-0.1, -0.05) is 210 Å². The molecule has 9 aromatic carbocycles. The number of hydrogen-bond acceptors (Lipinski definition) is 4. The first-order valence-corrected chi connectivity index (χ1v) is 20.4. The highest BCUT2D eigenvalue weighted by Crippen LogP contribution is 2.54. The van der Waals surface area contributed by atoms with Crippen LogP contribution in [0.2, 0.25) is 0 Å². The van der Waals surface area contributed by atoms with Crippen molar-refractivity contribution in [1.82, 2.24) is 0 Å². The number of halogens is 1. The van der Waals surface area contributed by atoms with Gasteiger partial charge >= 0.3 is 0 Å². The predicted octanol–water partition coefficient (Wildman–Crippen LogP) is 11.8. The Labute approximate surface area is 339 Å². The van der Waals surface area contributed by atoms with Gasteiger partial charge in [0.25, 0.3) is 0 Å². The molecule has 2 atom stereocenters. The fraction of sp³-hybridized carbons (Fsp3) is 0.115. The molecule has 1 heterocycles. The molecule has 1 saturated heterocycles. The molecule has 0 radical (unpaired) electrons. The van der Waals surface area contributed by atoms with E-state index in [9.17, 15) is 10.2 Å². The van der Waals surface area contributed by atoms with Crippen LogP contribution >= 0.6 is 15.9 Å². The van der Waals surface area contributed by atoms with Crippen molar-refractivity contribution in [1.29, 1.82) is 0 Å². The normalized spacial score (nSPS) is 16.5. The Morgan fingerprint density at radius 2 is 0.684 bits per heavy atom. The number of hydrogen-bond donors (Lipinski definition) is 2. The molecule has 278 valence electrons. The van der Waals surface area contributed by atoms with Gasteiger partial charge in [-0.3, -0.25) is 0 Å². The first-order valence-electron chi connectivity index (χ1n) is 19.3. The second kappa shape index (κ2) is 14.4. The monoisotopic (exact) mass is 806 g/mol. The second-order valence-corrected chi connectivity index (χ2v) is 15.5. The Morgan fingerprint density at radius 1 is 0.386 bits per heavy atom. The Kier molecular flexibility index (Phi) is 9.01. The van der Waals surface area contributed by atoms with Crippen LogP contribution in [0.5, 0.6) is 0 Å². The summed E-state index contributed by atoms with van der Waals surface area (Å²) in [7, 11) is 0. The van der Waals surface area contributed by atoms with Gasteiger partial charge in [-0.15, -0.1) is 0 Å². The van der Waals surface area contributed by atoms with Crippen LogP contribution in [-0.4, -0.2) is 22.4 Å². The van der Waals surface area contributed by atoms with Crippen molar-refractivity contribution >= 4 is 59.0 Å². The first-order chi connectivity index (χ1) is 28.0. The maximum absolute atomic E-state index is 14.3. The average Bonchev–Trinajstić information content (AvgIpc) is 3.75. The highest BCUT2D eigenvalue weighted by Gasteiger charge is 2.60. The summed E-state index contributed by atoms with van der Waals surface area (Å²) in [6.45, 7) is 0. The summed E-state index contributed by atoms with van der Waals surface area (Å²) in [5.74, 6) is 0. The molecule has 5 heteroatoms. The van der Waals surface area contributed by atoms with Crippen LogP contribution in [-0.2, 0) is 26.0 Å². The molecule has 1 fully saturated rings. The molecule has 0 aromatic heterocycles. The first kappa shape index (κ1) is 35.7. The van der Waals surface area contributed by atoms with Crippen molar-refractivity contribution < 1.29 is 19.7 Å². The van der Waals surface area contributed by atoms with E-state index in [2.05, 4.69) is 64.5 Å². The number of aliphatic hydroxyl groups is 2. The number of benzene rings is 9. The van der Waals surface area contributed by atoms with Crippen molar-refractivity contribution in [3.8, 4) is 0 Å². The van der Waals surface area contributed by atoms with E-state index in [1.165, 1.54) is 0 Å². The van der Waals surface area contributed by atoms with E-state index in [0.717, 1.165) is 54.2 Å². The summed E-state index contributed by atoms with van der Waals surface area (Å²) >= 11 is 3.59. The van der Waals surface area contributed by atoms with Gasteiger partial charge in [0.15, 0.2) is 6.29 Å². The van der Waals surface area contributed by atoms with Crippen LogP contribution < -0.4 is 0 Å². The molecule has 0 unspecified atom stereocenters. The topological polar surface area (TPSA) is 58.9 Å². The van der Waals surface area contributed by atoms with Crippen LogP contribution in [0.3, 0.4) is 0 Å². The largest absolute Gasteiger partial charge is 0.377 e. The summed E-state index contributed by atoms with van der Waals surface area (Å²) in [4.78, 5) is 0. The minimum Gasteiger partial charge on any atom is -0.377 e. The van der Waals surface area contributed by atoms with Crippen molar-refractivity contribution in [2.75, 3.05) is 0 Å². The molecule has 0 amide bonds. The summed E-state index contributed by atoms with van der Waals surface area (Å²) in [5, 5.41) is 36.8. The maximum Gasteiger partial charge on any atom is 0.185 e. The number of alkyl halides is 1. The standard InChI is InChI=1S/C52H39BrO4/c53-33-34-29-31-39(32-30-34)50-56-48(51(54,44-25-9-17-35-13-1-5-21-40(35)44)45-26-10-18-36-14-2-6-22-41(36)45)49(57-50)52(55,46-27-11-19-37-15-3-7-23-42(37)46)47-28-12-20-38-16-4-8-24-43(38)47/h1-32,48-50,54-55H,33H2/t48-,49-/m1/s1. The smallest absolute Gasteiger partial charge is 0.185 e. The average molecular weight is 808 g/mol. The van der Waals surface area contributed by atoms with E-state index in [1.807, 2.05) is 146 Å². The van der Waals surface area contributed by atoms with Crippen LogP contribution in [0.25, 0.3) is 43.1 Å². The Hall–Kier alpha value is -5.66. The SMILES string of the molecule is OC(c1cccc2ccccc12)(c1cccc2ccccc12)[C@@H]1OC(c2ccc(CBr)cc2)O[C@H]1C(O)(c1cccc2ccccc12)c1cccc2ccccc12. The lowest BCUT2D eigenvalue weighted by Gasteiger charge is -2.43. The minimum absolute atomic E-state index is 0.657. The van der Waals surface area contributed by atoms with Gasteiger partial charge in [0.05, 0.1) is 0 Å². The van der Waals surface area contributed by atoms with Gasteiger partial charge in [0.1, 0.15) is 23.4 Å². The van der Waals surface area contributed by atoms with Crippen molar-refractivity contribution in [3.63, 3.8) is 0 Å². The molecular formula is C52H39BrO4. The van der Waals surface area contributed by atoms with Crippen molar-refractivity contribution in [2.45, 2.75) is 35.0 Å². The molecule has 9 aromatic rings. The lowest BCUT2D eigenvalue weighted by atomic mass is 9.69. The van der Waals surface area contributed by atoms with Gasteiger partial charge in [0, 0.05) is 10.9 Å². The molecule has 0 saturated carbocycles. The van der Waals surface area contributed by atoms with E-state index in [0.29, 0.717) is 27.6 Å². The Balaban J connectivity index is 1.32. The molecule has 0 aliphatic carbocycles. The quantitative estimate of drug-likeness (QED) is 0.150. The fourth-order valence-corrected chi connectivity index (χ4v) is 9.51. The molecule has 10 rings (SSSR count). The van der Waals surface area contributed by atoms with Gasteiger partial charge < -0.3 is 19.7 Å². The number of fused-ring (bicyclic) bond motifs is 4. The van der Waals surface area contributed by atoms with E-state index < -0.39 is 29.7 Å². The molecule has 2 N–H and O–H groups in total. The molecule has 0 bridgehead atoms. The van der Waals surface area contributed by atoms with Gasteiger partial charge in [-0.25, -0.2) is 0 Å².